The van der Waals surface area contributed by atoms with E-state index in [9.17, 15) is 13.6 Å². The van der Waals surface area contributed by atoms with Crippen molar-refractivity contribution in [3.63, 3.8) is 0 Å². The molecule has 0 spiro atoms. The lowest BCUT2D eigenvalue weighted by molar-refractivity contribution is -0.117. The lowest BCUT2D eigenvalue weighted by Gasteiger charge is -2.35. The summed E-state index contributed by atoms with van der Waals surface area (Å²) in [5.74, 6) is -1.20. The Labute approximate surface area is 138 Å². The minimum atomic E-state index is -0.501. The van der Waals surface area contributed by atoms with Crippen LogP contribution in [0.25, 0.3) is 0 Å². The standard InChI is InChI=1S/C17H18F2N4O/c18-14-3-1-2-4-15(14)21-17(24)12-22-7-9-23(10-8-22)13-5-6-20-16(19)11-13/h1-6,11H,7-10,12H2,(H,21,24). The number of halogens is 2. The van der Waals surface area contributed by atoms with Gasteiger partial charge in [0, 0.05) is 44.1 Å². The average Bonchev–Trinajstić information content (AvgIpc) is 2.58. The second kappa shape index (κ2) is 7.35. The third kappa shape index (κ3) is 4.05. The van der Waals surface area contributed by atoms with Crippen molar-refractivity contribution in [1.29, 1.82) is 0 Å². The Hall–Kier alpha value is -2.54. The maximum Gasteiger partial charge on any atom is 0.238 e. The number of benzene rings is 1. The normalized spacial score (nSPS) is 15.3. The fourth-order valence-electron chi connectivity index (χ4n) is 2.71. The van der Waals surface area contributed by atoms with Crippen LogP contribution in [0.4, 0.5) is 20.2 Å². The molecule has 1 aliphatic rings. The van der Waals surface area contributed by atoms with E-state index in [0.29, 0.717) is 26.2 Å². The Bertz CT molecular complexity index is 717. The van der Waals surface area contributed by atoms with Crippen LogP contribution in [0.2, 0.25) is 0 Å². The zero-order chi connectivity index (χ0) is 16.9. The quantitative estimate of drug-likeness (QED) is 0.872. The highest BCUT2D eigenvalue weighted by molar-refractivity contribution is 5.92. The molecule has 24 heavy (non-hydrogen) atoms. The van der Waals surface area contributed by atoms with Gasteiger partial charge >= 0.3 is 0 Å². The monoisotopic (exact) mass is 332 g/mol. The number of amides is 1. The summed E-state index contributed by atoms with van der Waals surface area (Å²) in [6.07, 6.45) is 1.44. The van der Waals surface area contributed by atoms with E-state index in [2.05, 4.69) is 15.2 Å². The zero-order valence-corrected chi connectivity index (χ0v) is 13.1. The number of hydrogen-bond acceptors (Lipinski definition) is 4. The Kier molecular flexibility index (Phi) is 5.00. The van der Waals surface area contributed by atoms with Crippen LogP contribution in [-0.4, -0.2) is 48.5 Å². The topological polar surface area (TPSA) is 48.5 Å². The molecule has 7 heteroatoms. The molecular formula is C17H18F2N4O. The number of para-hydroxylation sites is 1. The molecule has 2 aromatic rings. The lowest BCUT2D eigenvalue weighted by Crippen LogP contribution is -2.48. The highest BCUT2D eigenvalue weighted by Gasteiger charge is 2.20. The third-order valence-electron chi connectivity index (χ3n) is 3.96. The Balaban J connectivity index is 1.50. The molecular weight excluding hydrogens is 314 g/mol. The SMILES string of the molecule is O=C(CN1CCN(c2ccnc(F)c2)CC1)Nc1ccccc1F. The fraction of sp³-hybridized carbons (Fsp3) is 0.294. The number of hydrogen-bond donors (Lipinski definition) is 1. The van der Waals surface area contributed by atoms with Crippen LogP contribution in [0.1, 0.15) is 0 Å². The van der Waals surface area contributed by atoms with Crippen LogP contribution in [0.5, 0.6) is 0 Å². The van der Waals surface area contributed by atoms with Crippen molar-refractivity contribution in [2.24, 2.45) is 0 Å². The van der Waals surface area contributed by atoms with Crippen LogP contribution >= 0.6 is 0 Å². The van der Waals surface area contributed by atoms with Crippen molar-refractivity contribution in [3.8, 4) is 0 Å². The zero-order valence-electron chi connectivity index (χ0n) is 13.1. The van der Waals surface area contributed by atoms with E-state index < -0.39 is 11.8 Å². The molecule has 0 atom stereocenters. The van der Waals surface area contributed by atoms with Gasteiger partial charge < -0.3 is 10.2 Å². The summed E-state index contributed by atoms with van der Waals surface area (Å²) in [6.45, 7) is 2.93. The molecule has 1 amide bonds. The van der Waals surface area contributed by atoms with Gasteiger partial charge in [-0.05, 0) is 18.2 Å². The number of aromatic nitrogens is 1. The minimum Gasteiger partial charge on any atom is -0.369 e. The van der Waals surface area contributed by atoms with E-state index in [1.54, 1.807) is 18.2 Å². The van der Waals surface area contributed by atoms with Crippen molar-refractivity contribution in [2.45, 2.75) is 0 Å². The number of rotatable bonds is 4. The molecule has 1 saturated heterocycles. The Morgan fingerprint density at radius 1 is 1.12 bits per heavy atom. The van der Waals surface area contributed by atoms with Crippen LogP contribution in [-0.2, 0) is 4.79 Å². The van der Waals surface area contributed by atoms with Crippen molar-refractivity contribution in [1.82, 2.24) is 9.88 Å². The van der Waals surface area contributed by atoms with E-state index in [-0.39, 0.29) is 18.1 Å². The van der Waals surface area contributed by atoms with Crippen LogP contribution in [0, 0.1) is 11.8 Å². The van der Waals surface area contributed by atoms with Gasteiger partial charge in [0.25, 0.3) is 0 Å². The summed E-state index contributed by atoms with van der Waals surface area (Å²) in [4.78, 5) is 19.6. The predicted octanol–water partition coefficient (Wildman–Crippen LogP) is 2.12. The smallest absolute Gasteiger partial charge is 0.238 e. The molecule has 1 aromatic heterocycles. The lowest BCUT2D eigenvalue weighted by atomic mass is 10.2. The number of carbonyl (C=O) groups is 1. The van der Waals surface area contributed by atoms with Crippen LogP contribution < -0.4 is 10.2 Å². The largest absolute Gasteiger partial charge is 0.369 e. The summed E-state index contributed by atoms with van der Waals surface area (Å²) >= 11 is 0. The number of anilines is 2. The minimum absolute atomic E-state index is 0.188. The number of nitrogens with zero attached hydrogens (tertiary/aromatic N) is 3. The molecule has 0 aliphatic carbocycles. The van der Waals surface area contributed by atoms with Crippen LogP contribution in [0.15, 0.2) is 42.6 Å². The average molecular weight is 332 g/mol. The molecule has 0 saturated carbocycles. The molecule has 1 aromatic carbocycles. The first kappa shape index (κ1) is 16.3. The number of piperazine rings is 1. The van der Waals surface area contributed by atoms with Gasteiger partial charge in [-0.25, -0.2) is 9.37 Å². The predicted molar refractivity (Wildman–Crippen MR) is 87.9 cm³/mol. The van der Waals surface area contributed by atoms with E-state index in [4.69, 9.17) is 0 Å². The van der Waals surface area contributed by atoms with Crippen molar-refractivity contribution in [3.05, 3.63) is 54.4 Å². The maximum atomic E-state index is 13.5. The van der Waals surface area contributed by atoms with E-state index in [1.807, 2.05) is 4.90 Å². The first-order valence-electron chi connectivity index (χ1n) is 7.75. The van der Waals surface area contributed by atoms with Gasteiger partial charge in [0.05, 0.1) is 12.2 Å². The highest BCUT2D eigenvalue weighted by Crippen LogP contribution is 2.16. The van der Waals surface area contributed by atoms with Gasteiger partial charge in [0.1, 0.15) is 5.82 Å². The first-order valence-corrected chi connectivity index (χ1v) is 7.75. The molecule has 3 rings (SSSR count). The summed E-state index contributed by atoms with van der Waals surface area (Å²) in [6, 6.07) is 9.26. The second-order valence-electron chi connectivity index (χ2n) is 5.63. The number of carbonyl (C=O) groups excluding carboxylic acids is 1. The van der Waals surface area contributed by atoms with Gasteiger partial charge in [0.15, 0.2) is 0 Å². The molecule has 0 radical (unpaired) electrons. The molecule has 1 N–H and O–H groups in total. The summed E-state index contributed by atoms with van der Waals surface area (Å²) in [7, 11) is 0. The molecule has 5 nitrogen and oxygen atoms in total. The molecule has 1 aliphatic heterocycles. The summed E-state index contributed by atoms with van der Waals surface area (Å²) < 4.78 is 26.7. The van der Waals surface area contributed by atoms with E-state index in [1.165, 1.54) is 24.4 Å². The van der Waals surface area contributed by atoms with Gasteiger partial charge in [0.2, 0.25) is 11.9 Å². The van der Waals surface area contributed by atoms with E-state index >= 15 is 0 Å². The summed E-state index contributed by atoms with van der Waals surface area (Å²) in [5, 5.41) is 2.58. The van der Waals surface area contributed by atoms with E-state index in [0.717, 1.165) is 5.69 Å². The highest BCUT2D eigenvalue weighted by atomic mass is 19.1. The van der Waals surface area contributed by atoms with Gasteiger partial charge in [-0.1, -0.05) is 12.1 Å². The number of nitrogens with one attached hydrogen (secondary N) is 1. The maximum absolute atomic E-state index is 13.5. The van der Waals surface area contributed by atoms with Gasteiger partial charge in [-0.15, -0.1) is 0 Å². The van der Waals surface area contributed by atoms with Crippen molar-refractivity contribution in [2.75, 3.05) is 42.9 Å². The molecule has 2 heterocycles. The second-order valence-corrected chi connectivity index (χ2v) is 5.63. The van der Waals surface area contributed by atoms with Gasteiger partial charge in [-0.2, -0.15) is 4.39 Å². The Morgan fingerprint density at radius 3 is 2.58 bits per heavy atom. The molecule has 126 valence electrons. The first-order chi connectivity index (χ1) is 11.6. The van der Waals surface area contributed by atoms with Crippen molar-refractivity contribution >= 4 is 17.3 Å². The van der Waals surface area contributed by atoms with Crippen LogP contribution in [0.3, 0.4) is 0 Å². The van der Waals surface area contributed by atoms with Crippen molar-refractivity contribution < 1.29 is 13.6 Å². The van der Waals surface area contributed by atoms with Gasteiger partial charge in [-0.3, -0.25) is 9.69 Å². The summed E-state index contributed by atoms with van der Waals surface area (Å²) in [5.41, 5.74) is 0.978. The molecule has 0 bridgehead atoms. The third-order valence-corrected chi connectivity index (χ3v) is 3.96. The molecule has 0 unspecified atom stereocenters. The fourth-order valence-corrected chi connectivity index (χ4v) is 2.71. The Morgan fingerprint density at radius 2 is 1.88 bits per heavy atom. The number of pyridine rings is 1. The molecule has 1 fully saturated rings.